The Morgan fingerprint density at radius 1 is 0.942 bits per heavy atom. The minimum atomic E-state index is -0.586. The first-order valence-electron chi connectivity index (χ1n) is 17.0. The van der Waals surface area contributed by atoms with Gasteiger partial charge in [0, 0.05) is 48.4 Å². The van der Waals surface area contributed by atoms with Crippen LogP contribution in [0.3, 0.4) is 0 Å². The second kappa shape index (κ2) is 14.3. The van der Waals surface area contributed by atoms with Gasteiger partial charge < -0.3 is 26.0 Å². The van der Waals surface area contributed by atoms with Gasteiger partial charge in [-0.1, -0.05) is 30.8 Å². The number of aromatic nitrogens is 4. The van der Waals surface area contributed by atoms with E-state index in [2.05, 4.69) is 21.9 Å². The number of nitrogen functional groups attached to an aromatic ring is 2. The smallest absolute Gasteiger partial charge is 0.255 e. The number of benzene rings is 3. The van der Waals surface area contributed by atoms with Crippen LogP contribution in [0.25, 0.3) is 22.3 Å². The summed E-state index contributed by atoms with van der Waals surface area (Å²) in [7, 11) is 0. The first kappa shape index (κ1) is 33.9. The Balaban J connectivity index is 0.000000187. The fraction of sp³-hybridized carbons (Fsp3) is 0.237. The molecule has 2 saturated heterocycles. The van der Waals surface area contributed by atoms with Crippen molar-refractivity contribution in [3.05, 3.63) is 103 Å². The molecule has 3 aromatic carbocycles. The predicted octanol–water partition coefficient (Wildman–Crippen LogP) is 4.25. The maximum Gasteiger partial charge on any atom is 0.255 e. The van der Waals surface area contributed by atoms with Crippen molar-refractivity contribution in [1.29, 1.82) is 0 Å². The van der Waals surface area contributed by atoms with Crippen LogP contribution < -0.4 is 21.5 Å². The fourth-order valence-electron chi connectivity index (χ4n) is 6.85. The molecule has 2 aromatic heterocycles. The normalized spacial score (nSPS) is 18.3. The summed E-state index contributed by atoms with van der Waals surface area (Å²) in [4.78, 5) is 59.4. The maximum absolute atomic E-state index is 12.3. The number of piperidine rings is 2. The molecular weight excluding hydrogens is 662 g/mol. The highest BCUT2D eigenvalue weighted by molar-refractivity contribution is 6.06. The third kappa shape index (κ3) is 6.65. The molecule has 14 nitrogen and oxygen atoms in total. The molecule has 5 heterocycles. The summed E-state index contributed by atoms with van der Waals surface area (Å²) in [5.74, 6) is 0.912. The van der Waals surface area contributed by atoms with Crippen molar-refractivity contribution < 1.29 is 23.9 Å². The van der Waals surface area contributed by atoms with Crippen molar-refractivity contribution >= 4 is 46.2 Å². The van der Waals surface area contributed by atoms with Crippen molar-refractivity contribution in [2.24, 2.45) is 0 Å². The van der Waals surface area contributed by atoms with E-state index in [-0.39, 0.29) is 30.2 Å². The number of fused-ring (bicyclic) bond motifs is 2. The summed E-state index contributed by atoms with van der Waals surface area (Å²) in [6.07, 6.45) is 5.20. The van der Waals surface area contributed by atoms with Gasteiger partial charge in [-0.25, -0.2) is 14.6 Å². The van der Waals surface area contributed by atoms with E-state index in [1.54, 1.807) is 23.1 Å². The zero-order valence-electron chi connectivity index (χ0n) is 28.3. The number of hydrogen-bond acceptors (Lipinski definition) is 10. The molecule has 3 aliphatic rings. The van der Waals surface area contributed by atoms with E-state index in [1.807, 2.05) is 59.3 Å². The standard InChI is InChI=1S/C25H24N6O2.C13H13N3O3/c1-2-21(32)30-14-6-7-18(15-30)31-25-22(24(26)27-16-28-25)23(29-31)17-10-12-20(13-11-17)33-19-8-4-3-5-9-19;14-9-3-1-2-7-8(9)6-16(13(7)19)10-4-5-11(17)15-12(10)18/h2-5,8-13,16,18H,1,6-7,14-15H2,(H2,26,27,28);1-3,10H,4-6,14H2,(H,15,17,18)/t18-;/m1./s1. The van der Waals surface area contributed by atoms with Crippen molar-refractivity contribution in [2.45, 2.75) is 44.3 Å². The lowest BCUT2D eigenvalue weighted by molar-refractivity contribution is -0.137. The Morgan fingerprint density at radius 3 is 2.44 bits per heavy atom. The van der Waals surface area contributed by atoms with Crippen LogP contribution in [0.4, 0.5) is 11.5 Å². The summed E-state index contributed by atoms with van der Waals surface area (Å²) < 4.78 is 7.79. The van der Waals surface area contributed by atoms with E-state index in [4.69, 9.17) is 21.3 Å². The number of ether oxygens (including phenoxy) is 1. The number of carbonyl (C=O) groups excluding carboxylic acids is 4. The molecule has 2 fully saturated rings. The Bertz CT molecular complexity index is 2180. The van der Waals surface area contributed by atoms with Crippen LogP contribution in [0.15, 0.2) is 91.8 Å². The van der Waals surface area contributed by atoms with E-state index >= 15 is 0 Å². The highest BCUT2D eigenvalue weighted by atomic mass is 16.5. The van der Waals surface area contributed by atoms with Crippen LogP contribution in [-0.4, -0.2) is 72.3 Å². The molecule has 14 heteroatoms. The highest BCUT2D eigenvalue weighted by Crippen LogP contribution is 2.35. The number of likely N-dealkylation sites (tertiary alicyclic amines) is 1. The second-order valence-electron chi connectivity index (χ2n) is 12.7. The Labute approximate surface area is 299 Å². The van der Waals surface area contributed by atoms with Gasteiger partial charge in [0.2, 0.25) is 17.7 Å². The minimum Gasteiger partial charge on any atom is -0.457 e. The van der Waals surface area contributed by atoms with E-state index in [0.29, 0.717) is 59.9 Å². The summed E-state index contributed by atoms with van der Waals surface area (Å²) in [6.45, 7) is 5.20. The van der Waals surface area contributed by atoms with E-state index < -0.39 is 11.9 Å². The van der Waals surface area contributed by atoms with Gasteiger partial charge in [-0.2, -0.15) is 5.10 Å². The summed E-state index contributed by atoms with van der Waals surface area (Å²) in [5, 5.41) is 7.88. The molecule has 0 saturated carbocycles. The highest BCUT2D eigenvalue weighted by Gasteiger charge is 2.39. The second-order valence-corrected chi connectivity index (χ2v) is 12.7. The molecule has 3 aliphatic heterocycles. The number of nitrogens with one attached hydrogen (secondary N) is 1. The van der Waals surface area contributed by atoms with E-state index in [0.717, 1.165) is 35.5 Å². The number of nitrogens with zero attached hydrogens (tertiary/aromatic N) is 6. The van der Waals surface area contributed by atoms with Crippen LogP contribution in [-0.2, 0) is 20.9 Å². The van der Waals surface area contributed by atoms with Gasteiger partial charge in [-0.3, -0.25) is 24.5 Å². The van der Waals surface area contributed by atoms with E-state index in [9.17, 15) is 19.2 Å². The zero-order chi connectivity index (χ0) is 36.4. The van der Waals surface area contributed by atoms with Gasteiger partial charge in [-0.15, -0.1) is 0 Å². The number of rotatable bonds is 6. The Morgan fingerprint density at radius 2 is 1.71 bits per heavy atom. The number of hydrogen-bond donors (Lipinski definition) is 3. The van der Waals surface area contributed by atoms with Gasteiger partial charge >= 0.3 is 0 Å². The van der Waals surface area contributed by atoms with Crippen molar-refractivity contribution in [1.82, 2.24) is 34.9 Å². The summed E-state index contributed by atoms with van der Waals surface area (Å²) in [5.41, 5.74) is 16.2. The molecule has 2 atom stereocenters. The lowest BCUT2D eigenvalue weighted by atomic mass is 10.0. The molecule has 8 rings (SSSR count). The van der Waals surface area contributed by atoms with Crippen LogP contribution in [0.5, 0.6) is 11.5 Å². The monoisotopic (exact) mass is 699 g/mol. The topological polar surface area (TPSA) is 192 Å². The molecule has 5 aromatic rings. The fourth-order valence-corrected chi connectivity index (χ4v) is 6.85. The van der Waals surface area contributed by atoms with Crippen molar-refractivity contribution in [3.8, 4) is 22.8 Å². The third-order valence-corrected chi connectivity index (χ3v) is 9.47. The lowest BCUT2D eigenvalue weighted by Crippen LogP contribution is -2.52. The predicted molar refractivity (Wildman–Crippen MR) is 194 cm³/mol. The number of nitrogens with two attached hydrogens (primary N) is 2. The number of para-hydroxylation sites is 1. The molecule has 0 spiro atoms. The van der Waals surface area contributed by atoms with Gasteiger partial charge in [0.25, 0.3) is 5.91 Å². The molecule has 0 aliphatic carbocycles. The molecule has 0 radical (unpaired) electrons. The quantitative estimate of drug-likeness (QED) is 0.131. The van der Waals surface area contributed by atoms with Gasteiger partial charge in [0.15, 0.2) is 5.65 Å². The van der Waals surface area contributed by atoms with Crippen LogP contribution in [0, 0.1) is 0 Å². The van der Waals surface area contributed by atoms with Crippen LogP contribution in [0.1, 0.15) is 47.6 Å². The number of imide groups is 1. The third-order valence-electron chi connectivity index (χ3n) is 9.47. The van der Waals surface area contributed by atoms with Gasteiger partial charge in [0.05, 0.1) is 11.4 Å². The van der Waals surface area contributed by atoms with Gasteiger partial charge in [-0.05, 0) is 73.9 Å². The molecule has 0 bridgehead atoms. The Hall–Kier alpha value is -6.57. The largest absolute Gasteiger partial charge is 0.457 e. The average Bonchev–Trinajstić information content (AvgIpc) is 3.72. The lowest BCUT2D eigenvalue weighted by Gasteiger charge is -2.32. The molecule has 5 N–H and O–H groups in total. The van der Waals surface area contributed by atoms with Crippen LogP contribution >= 0.6 is 0 Å². The molecular formula is C38H37N9O5. The average molecular weight is 700 g/mol. The molecule has 52 heavy (non-hydrogen) atoms. The first-order valence-corrected chi connectivity index (χ1v) is 17.0. The molecule has 264 valence electrons. The number of amides is 4. The Kier molecular flexibility index (Phi) is 9.35. The van der Waals surface area contributed by atoms with Crippen molar-refractivity contribution in [2.75, 3.05) is 24.6 Å². The number of carbonyl (C=O) groups is 4. The van der Waals surface area contributed by atoms with Crippen LogP contribution in [0.2, 0.25) is 0 Å². The van der Waals surface area contributed by atoms with Crippen molar-refractivity contribution in [3.63, 3.8) is 0 Å². The molecule has 1 unspecified atom stereocenters. The summed E-state index contributed by atoms with van der Waals surface area (Å²) in [6, 6.07) is 21.9. The minimum absolute atomic E-state index is 0.00566. The maximum atomic E-state index is 12.3. The molecule has 4 amide bonds. The SMILES string of the molecule is C=CC(=O)N1CCC[C@@H](n2nc(-c3ccc(Oc4ccccc4)cc3)c3c(N)ncnc32)C1.Nc1cccc2c1CN(C1CCC(=O)NC1=O)C2=O. The zero-order valence-corrected chi connectivity index (χ0v) is 28.3. The summed E-state index contributed by atoms with van der Waals surface area (Å²) >= 11 is 0. The van der Waals surface area contributed by atoms with Gasteiger partial charge in [0.1, 0.15) is 35.4 Å². The number of anilines is 2. The first-order chi connectivity index (χ1) is 25.2. The van der Waals surface area contributed by atoms with E-state index in [1.165, 1.54) is 17.3 Å².